The summed E-state index contributed by atoms with van der Waals surface area (Å²) in [6.45, 7) is 4.98. The number of carbonyl (C=O) groups excluding carboxylic acids is 2. The number of aromatic nitrogens is 2. The van der Waals surface area contributed by atoms with Crippen LogP contribution in [0, 0.1) is 0 Å². The number of aromatic amines is 1. The highest BCUT2D eigenvalue weighted by Crippen LogP contribution is 2.23. The number of unbranched alkanes of at least 4 members (excludes halogenated alkanes) is 4. The summed E-state index contributed by atoms with van der Waals surface area (Å²) >= 11 is 0. The van der Waals surface area contributed by atoms with Crippen LogP contribution in [-0.2, 0) is 4.79 Å². The zero-order valence-corrected chi connectivity index (χ0v) is 20.3. The molecule has 6 nitrogen and oxygen atoms in total. The predicted molar refractivity (Wildman–Crippen MR) is 140 cm³/mol. The molecule has 6 heteroatoms. The molecule has 3 aromatic rings. The van der Waals surface area contributed by atoms with Gasteiger partial charge >= 0.3 is 0 Å². The van der Waals surface area contributed by atoms with Crippen molar-refractivity contribution in [3.63, 3.8) is 0 Å². The number of imidazole rings is 1. The Hall–Kier alpha value is -3.41. The van der Waals surface area contributed by atoms with E-state index >= 15 is 0 Å². The van der Waals surface area contributed by atoms with Crippen LogP contribution < -0.4 is 10.6 Å². The highest BCUT2D eigenvalue weighted by molar-refractivity contribution is 5.97. The summed E-state index contributed by atoms with van der Waals surface area (Å²) in [5, 5.41) is 5.94. The Morgan fingerprint density at radius 2 is 1.79 bits per heavy atom. The molecule has 180 valence electrons. The summed E-state index contributed by atoms with van der Waals surface area (Å²) in [6.07, 6.45) is 12.1. The first kappa shape index (κ1) is 25.2. The highest BCUT2D eigenvalue weighted by atomic mass is 16.2. The SMILES string of the molecule is CC/C=C\CCCC(=O)Nc1ccc(-c2nc3ccc(C(=O)NCCCCCC)cc3[nH]2)cc1. The molecule has 1 aromatic heterocycles. The Balaban J connectivity index is 1.57. The fraction of sp³-hybridized carbons (Fsp3) is 0.393. The van der Waals surface area contributed by atoms with Crippen molar-refractivity contribution in [1.29, 1.82) is 0 Å². The molecule has 34 heavy (non-hydrogen) atoms. The quantitative estimate of drug-likeness (QED) is 0.198. The fourth-order valence-electron chi connectivity index (χ4n) is 3.74. The summed E-state index contributed by atoms with van der Waals surface area (Å²) in [7, 11) is 0. The van der Waals surface area contributed by atoms with E-state index in [0.29, 0.717) is 18.5 Å². The summed E-state index contributed by atoms with van der Waals surface area (Å²) in [4.78, 5) is 32.5. The number of H-pyrrole nitrogens is 1. The average Bonchev–Trinajstić information content (AvgIpc) is 3.27. The molecule has 0 aliphatic heterocycles. The largest absolute Gasteiger partial charge is 0.352 e. The minimum atomic E-state index is -0.0592. The van der Waals surface area contributed by atoms with Crippen LogP contribution in [0.3, 0.4) is 0 Å². The fourth-order valence-corrected chi connectivity index (χ4v) is 3.74. The number of benzene rings is 2. The van der Waals surface area contributed by atoms with Gasteiger partial charge in [-0.05, 0) is 68.1 Å². The molecule has 3 rings (SSSR count). The number of nitrogens with one attached hydrogen (secondary N) is 3. The number of nitrogens with zero attached hydrogens (tertiary/aromatic N) is 1. The van der Waals surface area contributed by atoms with Gasteiger partial charge in [0.05, 0.1) is 11.0 Å². The molecular formula is C28H36N4O2. The number of hydrogen-bond acceptors (Lipinski definition) is 3. The van der Waals surface area contributed by atoms with Crippen molar-refractivity contribution in [3.05, 3.63) is 60.2 Å². The molecule has 0 radical (unpaired) electrons. The maximum absolute atomic E-state index is 12.5. The molecular weight excluding hydrogens is 424 g/mol. The number of allylic oxidation sites excluding steroid dienone is 2. The molecule has 2 amide bonds. The second kappa shape index (κ2) is 13.3. The lowest BCUT2D eigenvalue weighted by Gasteiger charge is -2.05. The van der Waals surface area contributed by atoms with Gasteiger partial charge in [0.1, 0.15) is 5.82 Å². The molecule has 0 aliphatic carbocycles. The van der Waals surface area contributed by atoms with Gasteiger partial charge in [-0.3, -0.25) is 9.59 Å². The number of hydrogen-bond donors (Lipinski definition) is 3. The van der Waals surface area contributed by atoms with E-state index < -0.39 is 0 Å². The van der Waals surface area contributed by atoms with E-state index in [1.165, 1.54) is 12.8 Å². The van der Waals surface area contributed by atoms with Crippen molar-refractivity contribution in [1.82, 2.24) is 15.3 Å². The Bertz CT molecular complexity index is 1100. The third-order valence-corrected chi connectivity index (χ3v) is 5.68. The number of anilines is 1. The molecule has 0 saturated heterocycles. The zero-order valence-electron chi connectivity index (χ0n) is 20.3. The van der Waals surface area contributed by atoms with Crippen LogP contribution in [0.4, 0.5) is 5.69 Å². The standard InChI is InChI=1S/C28H36N4O2/c1-3-5-7-9-10-12-26(33)30-23-16-13-21(14-17-23)27-31-24-18-15-22(20-25(24)32-27)28(34)29-19-11-8-6-4-2/h5,7,13-18,20H,3-4,6,8-12,19H2,1-2H3,(H,29,34)(H,30,33)(H,31,32)/b7-5-. The Morgan fingerprint density at radius 1 is 0.971 bits per heavy atom. The summed E-state index contributed by atoms with van der Waals surface area (Å²) in [5.74, 6) is 0.696. The third-order valence-electron chi connectivity index (χ3n) is 5.68. The molecule has 2 aromatic carbocycles. The van der Waals surface area contributed by atoms with Crippen LogP contribution in [0.15, 0.2) is 54.6 Å². The normalized spacial score (nSPS) is 11.2. The Labute approximate surface area is 202 Å². The zero-order chi connectivity index (χ0) is 24.2. The average molecular weight is 461 g/mol. The summed E-state index contributed by atoms with van der Waals surface area (Å²) in [6, 6.07) is 13.2. The molecule has 0 saturated carbocycles. The van der Waals surface area contributed by atoms with E-state index in [4.69, 9.17) is 0 Å². The van der Waals surface area contributed by atoms with E-state index in [-0.39, 0.29) is 11.8 Å². The molecule has 0 aliphatic rings. The maximum atomic E-state index is 12.5. The smallest absolute Gasteiger partial charge is 0.251 e. The minimum Gasteiger partial charge on any atom is -0.352 e. The van der Waals surface area contributed by atoms with E-state index in [9.17, 15) is 9.59 Å². The minimum absolute atomic E-state index is 0.0255. The molecule has 0 fully saturated rings. The van der Waals surface area contributed by atoms with Crippen molar-refractivity contribution >= 4 is 28.5 Å². The number of fused-ring (bicyclic) bond motifs is 1. The lowest BCUT2D eigenvalue weighted by atomic mass is 10.1. The first-order chi connectivity index (χ1) is 16.6. The van der Waals surface area contributed by atoms with E-state index in [2.05, 4.69) is 46.6 Å². The van der Waals surface area contributed by atoms with Crippen molar-refractivity contribution < 1.29 is 9.59 Å². The Morgan fingerprint density at radius 3 is 2.56 bits per heavy atom. The van der Waals surface area contributed by atoms with Crippen LogP contribution in [0.2, 0.25) is 0 Å². The van der Waals surface area contributed by atoms with Gasteiger partial charge in [0.25, 0.3) is 5.91 Å². The maximum Gasteiger partial charge on any atom is 0.251 e. The molecule has 0 bridgehead atoms. The topological polar surface area (TPSA) is 86.9 Å². The van der Waals surface area contributed by atoms with Crippen molar-refractivity contribution in [3.8, 4) is 11.4 Å². The van der Waals surface area contributed by atoms with Crippen LogP contribution in [0.25, 0.3) is 22.4 Å². The van der Waals surface area contributed by atoms with Crippen LogP contribution in [0.5, 0.6) is 0 Å². The number of amides is 2. The van der Waals surface area contributed by atoms with Gasteiger partial charge in [0.15, 0.2) is 0 Å². The van der Waals surface area contributed by atoms with Gasteiger partial charge < -0.3 is 15.6 Å². The van der Waals surface area contributed by atoms with Gasteiger partial charge in [0, 0.05) is 29.8 Å². The van der Waals surface area contributed by atoms with Crippen molar-refractivity contribution in [2.45, 2.75) is 65.2 Å². The number of rotatable bonds is 13. The van der Waals surface area contributed by atoms with Crippen LogP contribution in [0.1, 0.15) is 75.6 Å². The third kappa shape index (κ3) is 7.58. The second-order valence-corrected chi connectivity index (χ2v) is 8.53. The van der Waals surface area contributed by atoms with E-state index in [1.54, 1.807) is 0 Å². The lowest BCUT2D eigenvalue weighted by molar-refractivity contribution is -0.116. The Kier molecular flexibility index (Phi) is 9.89. The molecule has 0 atom stereocenters. The van der Waals surface area contributed by atoms with Crippen LogP contribution in [-0.4, -0.2) is 28.3 Å². The first-order valence-electron chi connectivity index (χ1n) is 12.4. The first-order valence-corrected chi connectivity index (χ1v) is 12.4. The monoisotopic (exact) mass is 460 g/mol. The van der Waals surface area contributed by atoms with Crippen LogP contribution >= 0.6 is 0 Å². The van der Waals surface area contributed by atoms with Gasteiger partial charge in [-0.25, -0.2) is 4.98 Å². The number of carbonyl (C=O) groups is 2. The van der Waals surface area contributed by atoms with Gasteiger partial charge in [0.2, 0.25) is 5.91 Å². The molecule has 0 spiro atoms. The summed E-state index contributed by atoms with van der Waals surface area (Å²) in [5.41, 5.74) is 3.95. The van der Waals surface area contributed by atoms with Gasteiger partial charge in [-0.1, -0.05) is 45.3 Å². The van der Waals surface area contributed by atoms with Gasteiger partial charge in [-0.15, -0.1) is 0 Å². The van der Waals surface area contributed by atoms with Crippen molar-refractivity contribution in [2.75, 3.05) is 11.9 Å². The molecule has 3 N–H and O–H groups in total. The predicted octanol–water partition coefficient (Wildman–Crippen LogP) is 6.62. The molecule has 1 heterocycles. The van der Waals surface area contributed by atoms with E-state index in [0.717, 1.165) is 60.2 Å². The van der Waals surface area contributed by atoms with E-state index in [1.807, 2.05) is 42.5 Å². The van der Waals surface area contributed by atoms with Gasteiger partial charge in [-0.2, -0.15) is 0 Å². The highest BCUT2D eigenvalue weighted by Gasteiger charge is 2.10. The van der Waals surface area contributed by atoms with Crippen molar-refractivity contribution in [2.24, 2.45) is 0 Å². The summed E-state index contributed by atoms with van der Waals surface area (Å²) < 4.78 is 0. The lowest BCUT2D eigenvalue weighted by Crippen LogP contribution is -2.24. The second-order valence-electron chi connectivity index (χ2n) is 8.53. The molecule has 0 unspecified atom stereocenters.